The van der Waals surface area contributed by atoms with E-state index in [1.54, 1.807) is 0 Å². The van der Waals surface area contributed by atoms with Gasteiger partial charge in [-0.3, -0.25) is 13.8 Å². The maximum absolute atomic E-state index is 13.0. The maximum Gasteiger partial charge on any atom is 0.472 e. The summed E-state index contributed by atoms with van der Waals surface area (Å²) in [5.41, 5.74) is 0. The molecule has 0 aromatic rings. The molecule has 1 amide bonds. The van der Waals surface area contributed by atoms with Crippen molar-refractivity contribution in [2.75, 3.05) is 40.9 Å². The number of amides is 1. The van der Waals surface area contributed by atoms with Gasteiger partial charge in [0.05, 0.1) is 39.9 Å². The number of aliphatic hydroxyl groups excluding tert-OH is 1. The van der Waals surface area contributed by atoms with Crippen LogP contribution in [0.1, 0.15) is 226 Å². The van der Waals surface area contributed by atoms with Gasteiger partial charge in [-0.25, -0.2) is 4.57 Å². The van der Waals surface area contributed by atoms with Gasteiger partial charge in [-0.1, -0.05) is 257 Å². The van der Waals surface area contributed by atoms with Crippen LogP contribution in [-0.4, -0.2) is 73.4 Å². The Morgan fingerprint density at radius 1 is 0.467 bits per heavy atom. The Labute approximate surface area is 462 Å². The Hall–Kier alpha value is -3.36. The van der Waals surface area contributed by atoms with Crippen LogP contribution in [0.4, 0.5) is 0 Å². The number of carbonyl (C=O) groups excluding carboxylic acids is 1. The molecule has 8 nitrogen and oxygen atoms in total. The summed E-state index contributed by atoms with van der Waals surface area (Å²) < 4.78 is 23.7. The highest BCUT2D eigenvalue weighted by Crippen LogP contribution is 2.43. The van der Waals surface area contributed by atoms with Gasteiger partial charge in [-0.15, -0.1) is 0 Å². The molecule has 0 saturated heterocycles. The molecule has 0 radical (unpaired) electrons. The smallest absolute Gasteiger partial charge is 0.391 e. The third-order valence-corrected chi connectivity index (χ3v) is 13.6. The summed E-state index contributed by atoms with van der Waals surface area (Å²) in [4.78, 5) is 23.3. The average Bonchev–Trinajstić information content (AvgIpc) is 3.37. The molecule has 0 aliphatic rings. The van der Waals surface area contributed by atoms with E-state index in [1.807, 2.05) is 21.1 Å². The van der Waals surface area contributed by atoms with E-state index in [0.29, 0.717) is 23.9 Å². The largest absolute Gasteiger partial charge is 0.472 e. The van der Waals surface area contributed by atoms with E-state index >= 15 is 0 Å². The van der Waals surface area contributed by atoms with Gasteiger partial charge in [-0.05, 0) is 96.3 Å². The highest BCUT2D eigenvalue weighted by molar-refractivity contribution is 7.47. The predicted octanol–water partition coefficient (Wildman–Crippen LogP) is 18.7. The monoisotopic (exact) mass is 1060 g/mol. The molecule has 75 heavy (non-hydrogen) atoms. The normalized spacial score (nSPS) is 14.8. The quantitative estimate of drug-likeness (QED) is 0.0243. The number of unbranched alkanes of at least 4 members (excludes halogenated alkanes) is 18. The van der Waals surface area contributed by atoms with Crippen molar-refractivity contribution in [1.82, 2.24) is 5.32 Å². The van der Waals surface area contributed by atoms with Crippen LogP contribution in [0.25, 0.3) is 0 Å². The molecule has 0 bridgehead atoms. The van der Waals surface area contributed by atoms with Gasteiger partial charge in [-0.2, -0.15) is 0 Å². The zero-order valence-corrected chi connectivity index (χ0v) is 49.6. The van der Waals surface area contributed by atoms with Crippen molar-refractivity contribution in [2.24, 2.45) is 0 Å². The van der Waals surface area contributed by atoms with E-state index in [9.17, 15) is 19.4 Å². The number of hydrogen-bond donors (Lipinski definition) is 3. The minimum Gasteiger partial charge on any atom is -0.391 e. The first kappa shape index (κ1) is 71.6. The molecule has 0 aliphatic heterocycles. The molecular weight excluding hydrogens is 948 g/mol. The first-order valence-corrected chi connectivity index (χ1v) is 31.5. The van der Waals surface area contributed by atoms with Crippen LogP contribution in [-0.2, 0) is 18.4 Å². The van der Waals surface area contributed by atoms with Crippen molar-refractivity contribution in [1.29, 1.82) is 0 Å². The standard InChI is InChI=1S/C66H113N2O6P/c1-6-8-10-12-14-16-18-20-22-24-25-26-27-28-29-30-31-32-33-34-35-36-37-38-39-40-41-42-43-44-46-48-50-52-54-56-58-60-66(70)67-64(63-74-75(71,72)73-62-61-68(3,4)5)65(69)59-57-55-53-51-49-47-45-23-21-19-17-15-13-11-9-7-2/h8,10,14,16,20,22,25-26,28-29,31-32,34-35,37-38,40-41,43-44,48,50,64-65,69H,6-7,9,11-13,15,17-19,21,23-24,27,30,33,36,39,42,45-47,49,51-63H2,1-5H3,(H-,67,70,71,72)/p+1/b10-8-,16-14-,22-20-,26-25-,29-28-,32-31-,35-34-,38-37-,41-40-,44-43-,50-48-. The number of nitrogens with one attached hydrogen (secondary N) is 1. The first-order chi connectivity index (χ1) is 36.5. The molecule has 3 atom stereocenters. The molecule has 0 fully saturated rings. The van der Waals surface area contributed by atoms with Crippen molar-refractivity contribution in [3.63, 3.8) is 0 Å². The molecule has 0 spiro atoms. The van der Waals surface area contributed by atoms with Crippen molar-refractivity contribution in [3.05, 3.63) is 134 Å². The third kappa shape index (κ3) is 58.2. The van der Waals surface area contributed by atoms with Gasteiger partial charge in [0.25, 0.3) is 0 Å². The number of hydrogen-bond acceptors (Lipinski definition) is 5. The van der Waals surface area contributed by atoms with Gasteiger partial charge in [0.2, 0.25) is 5.91 Å². The van der Waals surface area contributed by atoms with E-state index in [2.05, 4.69) is 153 Å². The number of likely N-dealkylation sites (N-methyl/N-ethyl adjacent to an activating group) is 1. The van der Waals surface area contributed by atoms with Gasteiger partial charge >= 0.3 is 7.82 Å². The number of phosphoric ester groups is 1. The highest BCUT2D eigenvalue weighted by atomic mass is 31.2. The second kappa shape index (κ2) is 55.4. The van der Waals surface area contributed by atoms with E-state index in [-0.39, 0.29) is 19.1 Å². The van der Waals surface area contributed by atoms with Crippen LogP contribution in [0.15, 0.2) is 134 Å². The molecule has 0 aliphatic carbocycles. The molecular formula is C66H114N2O6P+. The highest BCUT2D eigenvalue weighted by Gasteiger charge is 2.28. The SMILES string of the molecule is CC/C=C\C/C=C\C/C=C\C/C=C\C/C=C\C/C=C\C/C=C\C/C=C\C/C=C\C/C=C\C/C=C\CCCCCC(=O)NC(COP(=O)(O)OCC[N+](C)(C)C)C(O)CCCCCCCCCCCCCCCCCC. The Morgan fingerprint density at radius 2 is 0.800 bits per heavy atom. The molecule has 0 aromatic carbocycles. The molecule has 0 rings (SSSR count). The molecule has 9 heteroatoms. The van der Waals surface area contributed by atoms with Crippen molar-refractivity contribution in [2.45, 2.75) is 238 Å². The van der Waals surface area contributed by atoms with Gasteiger partial charge in [0.15, 0.2) is 0 Å². The summed E-state index contributed by atoms with van der Waals surface area (Å²) in [7, 11) is 1.57. The molecule has 3 N–H and O–H groups in total. The molecule has 0 saturated carbocycles. The predicted molar refractivity (Wildman–Crippen MR) is 327 cm³/mol. The fraction of sp³-hybridized carbons (Fsp3) is 0.652. The lowest BCUT2D eigenvalue weighted by atomic mass is 10.0. The van der Waals surface area contributed by atoms with Crippen LogP contribution >= 0.6 is 7.82 Å². The second-order valence-electron chi connectivity index (χ2n) is 21.0. The summed E-state index contributed by atoms with van der Waals surface area (Å²) in [6.45, 7) is 4.74. The number of quaternary nitrogens is 1. The minimum atomic E-state index is -4.34. The Bertz CT molecular complexity index is 1680. The van der Waals surface area contributed by atoms with Gasteiger partial charge in [0.1, 0.15) is 13.2 Å². The van der Waals surface area contributed by atoms with Crippen LogP contribution in [0.5, 0.6) is 0 Å². The van der Waals surface area contributed by atoms with Crippen LogP contribution in [0, 0.1) is 0 Å². The number of allylic oxidation sites excluding steroid dienone is 22. The van der Waals surface area contributed by atoms with Crippen LogP contribution in [0.3, 0.4) is 0 Å². The van der Waals surface area contributed by atoms with E-state index < -0.39 is 20.0 Å². The lowest BCUT2D eigenvalue weighted by molar-refractivity contribution is -0.870. The summed E-state index contributed by atoms with van der Waals surface area (Å²) in [6.07, 6.45) is 83.7. The number of rotatable bonds is 53. The van der Waals surface area contributed by atoms with E-state index in [1.165, 1.54) is 83.5 Å². The number of carbonyl (C=O) groups is 1. The summed E-state index contributed by atoms with van der Waals surface area (Å²) >= 11 is 0. The number of phosphoric acid groups is 1. The number of aliphatic hydroxyl groups is 1. The van der Waals surface area contributed by atoms with E-state index in [0.717, 1.165) is 116 Å². The van der Waals surface area contributed by atoms with E-state index in [4.69, 9.17) is 9.05 Å². The number of nitrogens with zero attached hydrogens (tertiary/aromatic N) is 1. The van der Waals surface area contributed by atoms with Crippen molar-refractivity contribution < 1.29 is 32.9 Å². The second-order valence-corrected chi connectivity index (χ2v) is 22.4. The average molecular weight is 1060 g/mol. The van der Waals surface area contributed by atoms with Crippen molar-refractivity contribution in [3.8, 4) is 0 Å². The maximum atomic E-state index is 13.0. The Kier molecular flexibility index (Phi) is 52.9. The molecule has 0 heterocycles. The lowest BCUT2D eigenvalue weighted by Crippen LogP contribution is -2.46. The lowest BCUT2D eigenvalue weighted by Gasteiger charge is -2.26. The fourth-order valence-corrected chi connectivity index (χ4v) is 8.73. The van der Waals surface area contributed by atoms with Gasteiger partial charge < -0.3 is 19.8 Å². The van der Waals surface area contributed by atoms with Crippen LogP contribution in [0.2, 0.25) is 0 Å². The summed E-state index contributed by atoms with van der Waals surface area (Å²) in [5.74, 6) is -0.181. The Morgan fingerprint density at radius 3 is 1.16 bits per heavy atom. The van der Waals surface area contributed by atoms with Crippen molar-refractivity contribution >= 4 is 13.7 Å². The first-order valence-electron chi connectivity index (χ1n) is 30.0. The van der Waals surface area contributed by atoms with Gasteiger partial charge in [0, 0.05) is 6.42 Å². The topological polar surface area (TPSA) is 105 Å². The summed E-state index contributed by atoms with van der Waals surface area (Å²) in [6, 6.07) is -0.789. The zero-order valence-electron chi connectivity index (χ0n) is 48.7. The molecule has 0 aromatic heterocycles. The molecule has 428 valence electrons. The third-order valence-electron chi connectivity index (χ3n) is 12.7. The Balaban J connectivity index is 4.24. The van der Waals surface area contributed by atoms with Crippen LogP contribution < -0.4 is 5.32 Å². The molecule has 3 unspecified atom stereocenters. The fourth-order valence-electron chi connectivity index (χ4n) is 7.99. The minimum absolute atomic E-state index is 0.0609. The summed E-state index contributed by atoms with van der Waals surface area (Å²) in [5, 5.41) is 14.0. The zero-order chi connectivity index (χ0) is 54.9.